The number of carbonyl (C=O) groups excluding carboxylic acids is 2. The average Bonchev–Trinajstić information content (AvgIpc) is 2.61. The molecule has 108 valence electrons. The Kier molecular flexibility index (Phi) is 3.95. The fourth-order valence-corrected chi connectivity index (χ4v) is 2.57. The lowest BCUT2D eigenvalue weighted by molar-refractivity contribution is 0.0552. The van der Waals surface area contributed by atoms with E-state index >= 15 is 0 Å². The molecule has 4 nitrogen and oxygen atoms in total. The van der Waals surface area contributed by atoms with Crippen molar-refractivity contribution in [3.63, 3.8) is 0 Å². The Labute approximate surface area is 119 Å². The Morgan fingerprint density at radius 1 is 1.15 bits per heavy atom. The van der Waals surface area contributed by atoms with Crippen molar-refractivity contribution >= 4 is 11.8 Å². The smallest absolute Gasteiger partial charge is 0.261 e. The molecule has 0 radical (unpaired) electrons. The third-order valence-corrected chi connectivity index (χ3v) is 3.68. The molecular formula is C16H21NO3. The molecular weight excluding hydrogens is 254 g/mol. The fourth-order valence-electron chi connectivity index (χ4n) is 2.57. The second kappa shape index (κ2) is 5.37. The molecule has 1 aliphatic rings. The van der Waals surface area contributed by atoms with Crippen molar-refractivity contribution in [3.8, 4) is 0 Å². The van der Waals surface area contributed by atoms with E-state index in [1.54, 1.807) is 38.1 Å². The van der Waals surface area contributed by atoms with Crippen LogP contribution in [0.4, 0.5) is 0 Å². The first-order valence-electron chi connectivity index (χ1n) is 7.00. The summed E-state index contributed by atoms with van der Waals surface area (Å²) in [4.78, 5) is 25.9. The Balaban J connectivity index is 2.04. The molecule has 0 saturated heterocycles. The molecule has 0 aromatic heterocycles. The van der Waals surface area contributed by atoms with Crippen molar-refractivity contribution in [2.45, 2.75) is 51.7 Å². The van der Waals surface area contributed by atoms with Gasteiger partial charge in [0.15, 0.2) is 0 Å². The lowest BCUT2D eigenvalue weighted by Gasteiger charge is -2.24. The van der Waals surface area contributed by atoms with Crippen LogP contribution in [0.2, 0.25) is 0 Å². The van der Waals surface area contributed by atoms with Gasteiger partial charge in [-0.05, 0) is 52.2 Å². The summed E-state index contributed by atoms with van der Waals surface area (Å²) in [5, 5.41) is 9.69. The maximum absolute atomic E-state index is 12.3. The third kappa shape index (κ3) is 2.90. The molecule has 1 N–H and O–H groups in total. The van der Waals surface area contributed by atoms with Crippen LogP contribution < -0.4 is 0 Å². The van der Waals surface area contributed by atoms with Crippen molar-refractivity contribution in [2.75, 3.05) is 0 Å². The molecule has 20 heavy (non-hydrogen) atoms. The van der Waals surface area contributed by atoms with E-state index in [2.05, 4.69) is 0 Å². The van der Waals surface area contributed by atoms with Crippen LogP contribution in [0, 0.1) is 0 Å². The van der Waals surface area contributed by atoms with Crippen molar-refractivity contribution in [1.82, 2.24) is 4.90 Å². The van der Waals surface area contributed by atoms with Crippen molar-refractivity contribution < 1.29 is 14.7 Å². The topological polar surface area (TPSA) is 57.6 Å². The first-order chi connectivity index (χ1) is 9.31. The molecule has 1 aliphatic heterocycles. The number of fused-ring (bicyclic) bond motifs is 1. The molecule has 0 spiro atoms. The zero-order valence-corrected chi connectivity index (χ0v) is 12.2. The van der Waals surface area contributed by atoms with Gasteiger partial charge in [-0.2, -0.15) is 0 Å². The summed E-state index contributed by atoms with van der Waals surface area (Å²) in [6, 6.07) is 6.78. The summed E-state index contributed by atoms with van der Waals surface area (Å²) >= 11 is 0. The van der Waals surface area contributed by atoms with E-state index in [4.69, 9.17) is 0 Å². The quantitative estimate of drug-likeness (QED) is 0.840. The Morgan fingerprint density at radius 2 is 1.65 bits per heavy atom. The van der Waals surface area contributed by atoms with E-state index in [0.29, 0.717) is 24.0 Å². The Morgan fingerprint density at radius 3 is 2.10 bits per heavy atom. The Hall–Kier alpha value is -1.68. The van der Waals surface area contributed by atoms with Crippen molar-refractivity contribution in [3.05, 3.63) is 35.4 Å². The summed E-state index contributed by atoms with van der Waals surface area (Å²) in [5.74, 6) is -0.414. The number of amides is 2. The fraction of sp³-hybridized carbons (Fsp3) is 0.500. The number of benzene rings is 1. The van der Waals surface area contributed by atoms with E-state index in [-0.39, 0.29) is 17.9 Å². The molecule has 1 aromatic rings. The van der Waals surface area contributed by atoms with Crippen LogP contribution in [0.1, 0.15) is 60.7 Å². The molecule has 2 amide bonds. The lowest BCUT2D eigenvalue weighted by Crippen LogP contribution is -2.38. The van der Waals surface area contributed by atoms with Gasteiger partial charge >= 0.3 is 0 Å². The molecule has 2 rings (SSSR count). The number of hydrogen-bond acceptors (Lipinski definition) is 3. The zero-order valence-electron chi connectivity index (χ0n) is 12.2. The zero-order chi connectivity index (χ0) is 14.9. The minimum absolute atomic E-state index is 0.148. The monoisotopic (exact) mass is 275 g/mol. The maximum atomic E-state index is 12.3. The number of aliphatic hydroxyl groups is 1. The van der Waals surface area contributed by atoms with Crippen LogP contribution in [0.3, 0.4) is 0 Å². The van der Waals surface area contributed by atoms with Gasteiger partial charge in [0, 0.05) is 6.04 Å². The summed E-state index contributed by atoms with van der Waals surface area (Å²) in [7, 11) is 0. The second-order valence-electron chi connectivity index (χ2n) is 6.08. The number of carbonyl (C=O) groups is 2. The molecule has 0 aliphatic carbocycles. The standard InChI is InChI=1S/C16H21NO3/c1-11(7-6-10-16(2,3)20)17-14(18)12-8-4-5-9-13(12)15(17)19/h4-5,8-9,11,20H,6-7,10H2,1-3H3. The number of nitrogens with zero attached hydrogens (tertiary/aromatic N) is 1. The van der Waals surface area contributed by atoms with E-state index in [0.717, 1.165) is 6.42 Å². The number of rotatable bonds is 5. The predicted molar refractivity (Wildman–Crippen MR) is 76.6 cm³/mol. The number of imide groups is 1. The lowest BCUT2D eigenvalue weighted by atomic mass is 9.99. The van der Waals surface area contributed by atoms with Crippen LogP contribution in [0.5, 0.6) is 0 Å². The SMILES string of the molecule is CC(CCCC(C)(C)O)N1C(=O)c2ccccc2C1=O. The summed E-state index contributed by atoms with van der Waals surface area (Å²) in [6.07, 6.45) is 2.13. The molecule has 1 heterocycles. The van der Waals surface area contributed by atoms with E-state index < -0.39 is 5.60 Å². The summed E-state index contributed by atoms with van der Waals surface area (Å²) in [5.41, 5.74) is 0.278. The van der Waals surface area contributed by atoms with Gasteiger partial charge < -0.3 is 5.11 Å². The second-order valence-corrected chi connectivity index (χ2v) is 6.08. The van der Waals surface area contributed by atoms with Crippen LogP contribution in [0.15, 0.2) is 24.3 Å². The van der Waals surface area contributed by atoms with Gasteiger partial charge in [0.2, 0.25) is 0 Å². The first-order valence-corrected chi connectivity index (χ1v) is 7.00. The van der Waals surface area contributed by atoms with Crippen LogP contribution in [-0.4, -0.2) is 33.5 Å². The van der Waals surface area contributed by atoms with Crippen LogP contribution in [-0.2, 0) is 0 Å². The molecule has 1 atom stereocenters. The maximum Gasteiger partial charge on any atom is 0.261 e. The molecule has 4 heteroatoms. The van der Waals surface area contributed by atoms with Gasteiger partial charge in [-0.15, -0.1) is 0 Å². The largest absolute Gasteiger partial charge is 0.390 e. The highest BCUT2D eigenvalue weighted by Crippen LogP contribution is 2.26. The van der Waals surface area contributed by atoms with Gasteiger partial charge in [0.05, 0.1) is 16.7 Å². The number of hydrogen-bond donors (Lipinski definition) is 1. The molecule has 0 bridgehead atoms. The van der Waals surface area contributed by atoms with E-state index in [1.165, 1.54) is 4.90 Å². The minimum atomic E-state index is -0.707. The summed E-state index contributed by atoms with van der Waals surface area (Å²) < 4.78 is 0. The third-order valence-electron chi connectivity index (χ3n) is 3.68. The van der Waals surface area contributed by atoms with Gasteiger partial charge in [0.1, 0.15) is 0 Å². The molecule has 1 unspecified atom stereocenters. The summed E-state index contributed by atoms with van der Waals surface area (Å²) in [6.45, 7) is 5.41. The van der Waals surface area contributed by atoms with Gasteiger partial charge in [-0.3, -0.25) is 14.5 Å². The molecule has 1 aromatic carbocycles. The van der Waals surface area contributed by atoms with E-state index in [1.807, 2.05) is 6.92 Å². The highest BCUT2D eigenvalue weighted by Gasteiger charge is 2.37. The minimum Gasteiger partial charge on any atom is -0.390 e. The highest BCUT2D eigenvalue weighted by atomic mass is 16.3. The van der Waals surface area contributed by atoms with Gasteiger partial charge in [0.25, 0.3) is 11.8 Å². The highest BCUT2D eigenvalue weighted by molar-refractivity contribution is 6.21. The van der Waals surface area contributed by atoms with Gasteiger partial charge in [-0.1, -0.05) is 12.1 Å². The van der Waals surface area contributed by atoms with Gasteiger partial charge in [-0.25, -0.2) is 0 Å². The normalized spacial score (nSPS) is 16.5. The average molecular weight is 275 g/mol. The van der Waals surface area contributed by atoms with Crippen molar-refractivity contribution in [2.24, 2.45) is 0 Å². The van der Waals surface area contributed by atoms with Crippen LogP contribution >= 0.6 is 0 Å². The van der Waals surface area contributed by atoms with Crippen LogP contribution in [0.25, 0.3) is 0 Å². The van der Waals surface area contributed by atoms with Crippen molar-refractivity contribution in [1.29, 1.82) is 0 Å². The Bertz CT molecular complexity index is 496. The predicted octanol–water partition coefficient (Wildman–Crippen LogP) is 2.61. The first kappa shape index (κ1) is 14.7. The van der Waals surface area contributed by atoms with E-state index in [9.17, 15) is 14.7 Å². The molecule has 0 saturated carbocycles. The molecule has 0 fully saturated rings.